The van der Waals surface area contributed by atoms with Gasteiger partial charge in [0.1, 0.15) is 18.1 Å². The lowest BCUT2D eigenvalue weighted by Gasteiger charge is -2.08. The second-order valence-electron chi connectivity index (χ2n) is 4.16. The molecule has 0 atom stereocenters. The number of rotatable bonds is 8. The Morgan fingerprint density at radius 3 is 2.45 bits per heavy atom. The molecule has 20 heavy (non-hydrogen) atoms. The van der Waals surface area contributed by atoms with Gasteiger partial charge < -0.3 is 14.8 Å². The fraction of sp³-hybridized carbons (Fsp3) is 0.333. The van der Waals surface area contributed by atoms with Gasteiger partial charge in [-0.15, -0.1) is 11.3 Å². The Balaban J connectivity index is 1.63. The van der Waals surface area contributed by atoms with Crippen molar-refractivity contribution in [2.24, 2.45) is 0 Å². The van der Waals surface area contributed by atoms with E-state index in [0.717, 1.165) is 29.1 Å². The summed E-state index contributed by atoms with van der Waals surface area (Å²) in [5.41, 5.74) is 0. The number of hydrogen-bond acceptors (Lipinski definition) is 4. The van der Waals surface area contributed by atoms with E-state index >= 15 is 0 Å². The first-order valence-electron chi connectivity index (χ1n) is 6.57. The van der Waals surface area contributed by atoms with Crippen molar-refractivity contribution in [3.8, 4) is 11.5 Å². The molecule has 1 aromatic carbocycles. The van der Waals surface area contributed by atoms with E-state index in [2.05, 4.69) is 32.7 Å². The summed E-state index contributed by atoms with van der Waals surface area (Å²) in [6, 6.07) is 9.85. The number of ether oxygens (including phenoxy) is 2. The molecule has 2 rings (SSSR count). The highest BCUT2D eigenvalue weighted by Crippen LogP contribution is 2.19. The summed E-state index contributed by atoms with van der Waals surface area (Å²) in [6.45, 7) is 5.01. The second kappa shape index (κ2) is 8.29. The predicted molar refractivity (Wildman–Crippen MR) is 86.8 cm³/mol. The van der Waals surface area contributed by atoms with Crippen LogP contribution in [-0.2, 0) is 6.54 Å². The summed E-state index contributed by atoms with van der Waals surface area (Å²) in [5.74, 6) is 1.75. The van der Waals surface area contributed by atoms with Gasteiger partial charge in [0.05, 0.1) is 6.61 Å². The summed E-state index contributed by atoms with van der Waals surface area (Å²) >= 11 is 5.20. The average Bonchev–Trinajstić information content (AvgIpc) is 2.86. The van der Waals surface area contributed by atoms with Gasteiger partial charge in [-0.3, -0.25) is 0 Å². The standard InChI is InChI=1S/C15H18BrNO2S/c1-2-18-13-3-5-14(6-4-13)19-8-7-17-10-15-9-12(16)11-20-15/h3-6,9,11,17H,2,7-8,10H2,1H3. The molecule has 0 spiro atoms. The van der Waals surface area contributed by atoms with Crippen LogP contribution in [0.3, 0.4) is 0 Å². The minimum Gasteiger partial charge on any atom is -0.494 e. The molecule has 1 heterocycles. The van der Waals surface area contributed by atoms with E-state index in [-0.39, 0.29) is 0 Å². The van der Waals surface area contributed by atoms with Crippen LogP contribution in [0.2, 0.25) is 0 Å². The monoisotopic (exact) mass is 355 g/mol. The number of benzene rings is 1. The molecule has 0 amide bonds. The van der Waals surface area contributed by atoms with E-state index < -0.39 is 0 Å². The van der Waals surface area contributed by atoms with Gasteiger partial charge in [-0.1, -0.05) is 0 Å². The van der Waals surface area contributed by atoms with Crippen LogP contribution in [0.25, 0.3) is 0 Å². The zero-order valence-electron chi connectivity index (χ0n) is 11.4. The number of hydrogen-bond donors (Lipinski definition) is 1. The first kappa shape index (κ1) is 15.4. The first-order chi connectivity index (χ1) is 9.78. The Labute approximate surface area is 132 Å². The van der Waals surface area contributed by atoms with Crippen molar-refractivity contribution in [2.75, 3.05) is 19.8 Å². The number of nitrogens with one attached hydrogen (secondary N) is 1. The third-order valence-corrected chi connectivity index (χ3v) is 4.30. The van der Waals surface area contributed by atoms with Crippen molar-refractivity contribution in [3.05, 3.63) is 45.1 Å². The molecule has 108 valence electrons. The molecule has 0 aliphatic rings. The van der Waals surface area contributed by atoms with E-state index in [0.29, 0.717) is 13.2 Å². The lowest BCUT2D eigenvalue weighted by atomic mass is 10.3. The molecule has 0 radical (unpaired) electrons. The lowest BCUT2D eigenvalue weighted by molar-refractivity contribution is 0.311. The highest BCUT2D eigenvalue weighted by Gasteiger charge is 1.98. The van der Waals surface area contributed by atoms with Gasteiger partial charge in [-0.05, 0) is 53.2 Å². The summed E-state index contributed by atoms with van der Waals surface area (Å²) in [6.07, 6.45) is 0. The van der Waals surface area contributed by atoms with Crippen molar-refractivity contribution >= 4 is 27.3 Å². The fourth-order valence-electron chi connectivity index (χ4n) is 1.70. The van der Waals surface area contributed by atoms with E-state index in [1.165, 1.54) is 4.88 Å². The van der Waals surface area contributed by atoms with Crippen LogP contribution in [0, 0.1) is 0 Å². The Hall–Kier alpha value is -1.04. The largest absolute Gasteiger partial charge is 0.494 e. The molecule has 0 saturated carbocycles. The van der Waals surface area contributed by atoms with Gasteiger partial charge >= 0.3 is 0 Å². The Morgan fingerprint density at radius 1 is 1.15 bits per heavy atom. The van der Waals surface area contributed by atoms with Crippen LogP contribution in [0.4, 0.5) is 0 Å². The molecule has 0 fully saturated rings. The Kier molecular flexibility index (Phi) is 6.36. The average molecular weight is 356 g/mol. The molecule has 3 nitrogen and oxygen atoms in total. The van der Waals surface area contributed by atoms with Crippen molar-refractivity contribution < 1.29 is 9.47 Å². The summed E-state index contributed by atoms with van der Waals surface area (Å²) in [7, 11) is 0. The minimum atomic E-state index is 0.653. The molecular weight excluding hydrogens is 338 g/mol. The minimum absolute atomic E-state index is 0.653. The maximum Gasteiger partial charge on any atom is 0.119 e. The molecule has 0 unspecified atom stereocenters. The third-order valence-electron chi connectivity index (χ3n) is 2.60. The van der Waals surface area contributed by atoms with Gasteiger partial charge in [-0.25, -0.2) is 0 Å². The molecule has 0 aliphatic heterocycles. The van der Waals surface area contributed by atoms with Crippen molar-refractivity contribution in [2.45, 2.75) is 13.5 Å². The highest BCUT2D eigenvalue weighted by molar-refractivity contribution is 9.10. The zero-order valence-corrected chi connectivity index (χ0v) is 13.8. The molecule has 2 aromatic rings. The molecule has 5 heteroatoms. The smallest absolute Gasteiger partial charge is 0.119 e. The maximum atomic E-state index is 5.66. The molecule has 0 saturated heterocycles. The van der Waals surface area contributed by atoms with E-state index in [9.17, 15) is 0 Å². The molecule has 1 aromatic heterocycles. The third kappa shape index (κ3) is 5.15. The van der Waals surface area contributed by atoms with Crippen molar-refractivity contribution in [1.82, 2.24) is 5.32 Å². The predicted octanol–water partition coefficient (Wildman–Crippen LogP) is 4.08. The Bertz CT molecular complexity index is 513. The first-order valence-corrected chi connectivity index (χ1v) is 8.24. The van der Waals surface area contributed by atoms with E-state index in [4.69, 9.17) is 9.47 Å². The van der Waals surface area contributed by atoms with Gasteiger partial charge in [0.15, 0.2) is 0 Å². The molecular formula is C15H18BrNO2S. The molecule has 1 N–H and O–H groups in total. The van der Waals surface area contributed by atoms with Crippen LogP contribution in [0.5, 0.6) is 11.5 Å². The van der Waals surface area contributed by atoms with Crippen molar-refractivity contribution in [3.63, 3.8) is 0 Å². The van der Waals surface area contributed by atoms with Crippen LogP contribution in [0.1, 0.15) is 11.8 Å². The number of thiophene rings is 1. The Morgan fingerprint density at radius 2 is 1.85 bits per heavy atom. The quantitative estimate of drug-likeness (QED) is 0.723. The van der Waals surface area contributed by atoms with E-state index in [1.807, 2.05) is 31.2 Å². The SMILES string of the molecule is CCOc1ccc(OCCNCc2cc(Br)cs2)cc1. The molecule has 0 bridgehead atoms. The van der Waals surface area contributed by atoms with Crippen molar-refractivity contribution in [1.29, 1.82) is 0 Å². The van der Waals surface area contributed by atoms with Crippen LogP contribution >= 0.6 is 27.3 Å². The zero-order chi connectivity index (χ0) is 14.2. The van der Waals surface area contributed by atoms with E-state index in [1.54, 1.807) is 11.3 Å². The topological polar surface area (TPSA) is 30.5 Å². The van der Waals surface area contributed by atoms with Gasteiger partial charge in [0.25, 0.3) is 0 Å². The second-order valence-corrected chi connectivity index (χ2v) is 6.07. The summed E-state index contributed by atoms with van der Waals surface area (Å²) in [4.78, 5) is 1.32. The normalized spacial score (nSPS) is 10.5. The van der Waals surface area contributed by atoms with Crippen LogP contribution in [-0.4, -0.2) is 19.8 Å². The highest BCUT2D eigenvalue weighted by atomic mass is 79.9. The maximum absolute atomic E-state index is 5.66. The van der Waals surface area contributed by atoms with Crippen LogP contribution in [0.15, 0.2) is 40.2 Å². The van der Waals surface area contributed by atoms with Gasteiger partial charge in [-0.2, -0.15) is 0 Å². The lowest BCUT2D eigenvalue weighted by Crippen LogP contribution is -2.20. The van der Waals surface area contributed by atoms with Crippen LogP contribution < -0.4 is 14.8 Å². The summed E-state index contributed by atoms with van der Waals surface area (Å²) < 4.78 is 12.2. The van der Waals surface area contributed by atoms with Gasteiger partial charge in [0, 0.05) is 27.8 Å². The summed E-state index contributed by atoms with van der Waals surface area (Å²) in [5, 5.41) is 5.45. The molecule has 0 aliphatic carbocycles. The number of halogens is 1. The van der Waals surface area contributed by atoms with Gasteiger partial charge in [0.2, 0.25) is 0 Å². The fourth-order valence-corrected chi connectivity index (χ4v) is 3.12.